The molecule has 0 aliphatic rings. The van der Waals surface area contributed by atoms with Crippen LogP contribution < -0.4 is 5.32 Å². The van der Waals surface area contributed by atoms with Gasteiger partial charge in [-0.05, 0) is 10.9 Å². The summed E-state index contributed by atoms with van der Waals surface area (Å²) in [5.74, 6) is 0. The van der Waals surface area contributed by atoms with Crippen LogP contribution in [-0.2, 0) is 15.5 Å². The number of azide groups is 1. The standard InChI is InChI=1S/C6H14N4O3S/c1-6(2,4-9-10-7)3-8-5-13-14(11)12/h8H,3-5H2,1-2H3,(H,11,12). The fourth-order valence-corrected chi connectivity index (χ4v) is 0.945. The third kappa shape index (κ3) is 7.96. The zero-order valence-corrected chi connectivity index (χ0v) is 8.95. The number of hydrogen-bond donors (Lipinski definition) is 2. The van der Waals surface area contributed by atoms with E-state index in [4.69, 9.17) is 10.1 Å². The molecule has 14 heavy (non-hydrogen) atoms. The molecule has 0 aromatic heterocycles. The minimum absolute atomic E-state index is 0.0111. The predicted molar refractivity (Wildman–Crippen MR) is 52.5 cm³/mol. The first-order chi connectivity index (χ1) is 6.48. The first-order valence-corrected chi connectivity index (χ1v) is 4.97. The van der Waals surface area contributed by atoms with Gasteiger partial charge in [0.05, 0.1) is 0 Å². The SMILES string of the molecule is CC(C)(CN=[N+]=[N-])CNCOS(=O)O. The Bertz CT molecular complexity index is 239. The average molecular weight is 222 g/mol. The molecule has 0 bridgehead atoms. The minimum atomic E-state index is -2.24. The number of nitrogens with zero attached hydrogens (tertiary/aromatic N) is 3. The van der Waals surface area contributed by atoms with E-state index in [1.54, 1.807) is 0 Å². The molecule has 0 spiro atoms. The van der Waals surface area contributed by atoms with E-state index in [2.05, 4.69) is 19.5 Å². The summed E-state index contributed by atoms with van der Waals surface area (Å²) in [6.45, 7) is 4.69. The van der Waals surface area contributed by atoms with Gasteiger partial charge < -0.3 is 0 Å². The van der Waals surface area contributed by atoms with Crippen molar-refractivity contribution >= 4 is 11.4 Å². The van der Waals surface area contributed by atoms with Gasteiger partial charge in [0.25, 0.3) is 0 Å². The Labute approximate surface area is 84.9 Å². The van der Waals surface area contributed by atoms with Crippen molar-refractivity contribution in [2.45, 2.75) is 13.8 Å². The molecular formula is C6H14N4O3S. The molecule has 1 unspecified atom stereocenters. The van der Waals surface area contributed by atoms with E-state index in [1.807, 2.05) is 13.8 Å². The molecule has 0 heterocycles. The molecule has 0 radical (unpaired) electrons. The lowest BCUT2D eigenvalue weighted by Gasteiger charge is -2.21. The Morgan fingerprint density at radius 3 is 2.86 bits per heavy atom. The number of rotatable bonds is 7. The lowest BCUT2D eigenvalue weighted by atomic mass is 9.94. The Hall–Kier alpha value is -0.660. The van der Waals surface area contributed by atoms with Gasteiger partial charge in [0.2, 0.25) is 0 Å². The van der Waals surface area contributed by atoms with Gasteiger partial charge in [0.1, 0.15) is 6.73 Å². The van der Waals surface area contributed by atoms with Gasteiger partial charge >= 0.3 is 11.4 Å². The first kappa shape index (κ1) is 13.3. The largest absolute Gasteiger partial charge is 0.303 e. The van der Waals surface area contributed by atoms with Crippen LogP contribution in [0.2, 0.25) is 0 Å². The Kier molecular flexibility index (Phi) is 6.43. The second-order valence-electron chi connectivity index (χ2n) is 3.46. The smallest absolute Gasteiger partial charge is 0.293 e. The van der Waals surface area contributed by atoms with Gasteiger partial charge in [0.15, 0.2) is 0 Å². The van der Waals surface area contributed by atoms with Gasteiger partial charge in [-0.3, -0.25) is 14.1 Å². The summed E-state index contributed by atoms with van der Waals surface area (Å²) in [5.41, 5.74) is 7.91. The molecule has 1 atom stereocenters. The van der Waals surface area contributed by atoms with Crippen molar-refractivity contribution in [2.75, 3.05) is 19.8 Å². The van der Waals surface area contributed by atoms with E-state index in [9.17, 15) is 4.21 Å². The normalized spacial score (nSPS) is 13.4. The summed E-state index contributed by atoms with van der Waals surface area (Å²) >= 11 is -2.24. The molecule has 0 saturated heterocycles. The molecule has 0 fully saturated rings. The van der Waals surface area contributed by atoms with Crippen molar-refractivity contribution in [1.29, 1.82) is 0 Å². The van der Waals surface area contributed by atoms with E-state index in [1.165, 1.54) is 0 Å². The van der Waals surface area contributed by atoms with Gasteiger partial charge in [-0.2, -0.15) is 4.21 Å². The summed E-state index contributed by atoms with van der Waals surface area (Å²) in [6.07, 6.45) is 0. The number of nitrogens with one attached hydrogen (secondary N) is 1. The average Bonchev–Trinajstić information content (AvgIpc) is 2.09. The molecular weight excluding hydrogens is 208 g/mol. The molecule has 0 amide bonds. The predicted octanol–water partition coefficient (Wildman–Crippen LogP) is 1.02. The molecule has 0 aliphatic carbocycles. The van der Waals surface area contributed by atoms with Crippen molar-refractivity contribution in [1.82, 2.24) is 5.32 Å². The van der Waals surface area contributed by atoms with Gasteiger partial charge in [-0.15, -0.1) is 0 Å². The molecule has 7 nitrogen and oxygen atoms in total. The molecule has 0 aromatic rings. The molecule has 2 N–H and O–H groups in total. The van der Waals surface area contributed by atoms with E-state index >= 15 is 0 Å². The zero-order valence-electron chi connectivity index (χ0n) is 8.13. The van der Waals surface area contributed by atoms with Crippen LogP contribution in [0.15, 0.2) is 5.11 Å². The van der Waals surface area contributed by atoms with Crippen LogP contribution in [0.4, 0.5) is 0 Å². The highest BCUT2D eigenvalue weighted by atomic mass is 32.2. The third-order valence-corrected chi connectivity index (χ3v) is 1.75. The highest BCUT2D eigenvalue weighted by Crippen LogP contribution is 2.13. The van der Waals surface area contributed by atoms with E-state index in [-0.39, 0.29) is 12.1 Å². The highest BCUT2D eigenvalue weighted by Gasteiger charge is 2.15. The Morgan fingerprint density at radius 1 is 1.71 bits per heavy atom. The second kappa shape index (κ2) is 6.74. The van der Waals surface area contributed by atoms with Crippen molar-refractivity contribution in [3.63, 3.8) is 0 Å². The number of hydrogen-bond acceptors (Lipinski definition) is 4. The third-order valence-electron chi connectivity index (χ3n) is 1.43. The quantitative estimate of drug-likeness (QED) is 0.167. The molecule has 82 valence electrons. The van der Waals surface area contributed by atoms with Crippen LogP contribution in [0.1, 0.15) is 13.8 Å². The fourth-order valence-electron chi connectivity index (χ4n) is 0.760. The summed E-state index contributed by atoms with van der Waals surface area (Å²) in [4.78, 5) is 2.65. The summed E-state index contributed by atoms with van der Waals surface area (Å²) in [7, 11) is 0. The molecule has 0 rings (SSSR count). The lowest BCUT2D eigenvalue weighted by molar-refractivity contribution is 0.247. The van der Waals surface area contributed by atoms with Crippen LogP contribution >= 0.6 is 0 Å². The van der Waals surface area contributed by atoms with Crippen LogP contribution in [0.25, 0.3) is 10.4 Å². The van der Waals surface area contributed by atoms with Gasteiger partial charge in [-0.25, -0.2) is 0 Å². The summed E-state index contributed by atoms with van der Waals surface area (Å²) in [6, 6.07) is 0. The Morgan fingerprint density at radius 2 is 2.36 bits per heavy atom. The molecule has 8 heteroatoms. The van der Waals surface area contributed by atoms with E-state index in [0.717, 1.165) is 0 Å². The summed E-state index contributed by atoms with van der Waals surface area (Å²) in [5, 5.41) is 6.26. The molecule has 0 aliphatic heterocycles. The monoisotopic (exact) mass is 222 g/mol. The maximum atomic E-state index is 10.1. The molecule has 0 saturated carbocycles. The van der Waals surface area contributed by atoms with Crippen molar-refractivity contribution in [3.8, 4) is 0 Å². The van der Waals surface area contributed by atoms with Gasteiger partial charge in [-0.1, -0.05) is 19.0 Å². The maximum Gasteiger partial charge on any atom is 0.303 e. The minimum Gasteiger partial charge on any atom is -0.293 e. The van der Waals surface area contributed by atoms with Crippen LogP contribution in [0.3, 0.4) is 0 Å². The van der Waals surface area contributed by atoms with Crippen LogP contribution in [-0.4, -0.2) is 28.6 Å². The van der Waals surface area contributed by atoms with E-state index < -0.39 is 11.4 Å². The van der Waals surface area contributed by atoms with Crippen molar-refractivity contribution < 1.29 is 12.9 Å². The van der Waals surface area contributed by atoms with Crippen molar-refractivity contribution in [2.24, 2.45) is 10.5 Å². The van der Waals surface area contributed by atoms with Gasteiger partial charge in [0, 0.05) is 18.0 Å². The van der Waals surface area contributed by atoms with E-state index in [0.29, 0.717) is 13.1 Å². The van der Waals surface area contributed by atoms with Crippen LogP contribution in [0, 0.1) is 5.41 Å². The topological polar surface area (TPSA) is 107 Å². The lowest BCUT2D eigenvalue weighted by Crippen LogP contribution is -2.33. The molecule has 0 aromatic carbocycles. The van der Waals surface area contributed by atoms with Crippen LogP contribution in [0.5, 0.6) is 0 Å². The maximum absolute atomic E-state index is 10.1. The second-order valence-corrected chi connectivity index (χ2v) is 4.13. The highest BCUT2D eigenvalue weighted by molar-refractivity contribution is 7.74. The van der Waals surface area contributed by atoms with Crippen molar-refractivity contribution in [3.05, 3.63) is 10.4 Å². The summed E-state index contributed by atoms with van der Waals surface area (Å²) < 4.78 is 22.7. The first-order valence-electron chi connectivity index (χ1n) is 3.94. The Balaban J connectivity index is 3.64. The zero-order chi connectivity index (χ0) is 11.0. The fraction of sp³-hybridized carbons (Fsp3) is 1.00.